The van der Waals surface area contributed by atoms with E-state index in [0.717, 1.165) is 22.3 Å². The topological polar surface area (TPSA) is 105 Å². The van der Waals surface area contributed by atoms with Gasteiger partial charge in [-0.1, -0.05) is 85.8 Å². The normalized spacial score (nSPS) is 13.8. The molecule has 7 nitrogen and oxygen atoms in total. The molecule has 0 aromatic heterocycles. The minimum absolute atomic E-state index is 0.0958. The molecule has 0 fully saturated rings. The summed E-state index contributed by atoms with van der Waals surface area (Å²) < 4.78 is 5.51. The molecule has 4 rings (SSSR count). The Morgan fingerprint density at radius 3 is 1.97 bits per heavy atom. The number of amides is 2. The molecule has 3 aromatic carbocycles. The molecule has 0 aliphatic heterocycles. The fraction of sp³-hybridized carbons (Fsp3) is 0.222. The number of carbonyl (C=O) groups excluding carboxylic acids is 2. The molecular formula is C27H26N2O5. The van der Waals surface area contributed by atoms with Crippen molar-refractivity contribution in [2.24, 2.45) is 0 Å². The molecule has 7 heteroatoms. The summed E-state index contributed by atoms with van der Waals surface area (Å²) in [6.45, 7) is 1.85. The largest absolute Gasteiger partial charge is 0.479 e. The van der Waals surface area contributed by atoms with Crippen LogP contribution < -0.4 is 10.6 Å². The zero-order chi connectivity index (χ0) is 24.1. The van der Waals surface area contributed by atoms with Crippen molar-refractivity contribution in [3.8, 4) is 11.1 Å². The number of carboxylic acid groups (broad SMARTS) is 1. The van der Waals surface area contributed by atoms with E-state index >= 15 is 0 Å². The fourth-order valence-electron chi connectivity index (χ4n) is 4.31. The van der Waals surface area contributed by atoms with E-state index < -0.39 is 30.1 Å². The maximum atomic E-state index is 12.7. The van der Waals surface area contributed by atoms with E-state index in [-0.39, 0.29) is 18.9 Å². The molecule has 0 radical (unpaired) electrons. The van der Waals surface area contributed by atoms with Gasteiger partial charge in [-0.2, -0.15) is 0 Å². The highest BCUT2D eigenvalue weighted by Gasteiger charge is 2.30. The Labute approximate surface area is 197 Å². The zero-order valence-corrected chi connectivity index (χ0v) is 18.7. The first-order valence-corrected chi connectivity index (χ1v) is 11.2. The number of carboxylic acids is 1. The lowest BCUT2D eigenvalue weighted by Crippen LogP contribution is -2.48. The van der Waals surface area contributed by atoms with Crippen LogP contribution in [0.4, 0.5) is 4.79 Å². The van der Waals surface area contributed by atoms with Gasteiger partial charge in [0.15, 0.2) is 6.04 Å². The molecule has 0 heterocycles. The minimum Gasteiger partial charge on any atom is -0.479 e. The number of hydrogen-bond acceptors (Lipinski definition) is 4. The number of hydrogen-bond donors (Lipinski definition) is 3. The van der Waals surface area contributed by atoms with Gasteiger partial charge in [0.05, 0.1) is 0 Å². The maximum Gasteiger partial charge on any atom is 0.407 e. The van der Waals surface area contributed by atoms with Gasteiger partial charge in [0.1, 0.15) is 12.6 Å². The second-order valence-corrected chi connectivity index (χ2v) is 8.12. The Morgan fingerprint density at radius 2 is 1.41 bits per heavy atom. The molecule has 3 aromatic rings. The van der Waals surface area contributed by atoms with Crippen LogP contribution in [0.2, 0.25) is 0 Å². The summed E-state index contributed by atoms with van der Waals surface area (Å²) in [5.41, 5.74) is 4.87. The second kappa shape index (κ2) is 10.2. The molecular weight excluding hydrogens is 432 g/mol. The highest BCUT2D eigenvalue weighted by atomic mass is 16.5. The summed E-state index contributed by atoms with van der Waals surface area (Å²) in [6, 6.07) is 22.3. The molecule has 1 aliphatic carbocycles. The molecule has 0 spiro atoms. The van der Waals surface area contributed by atoms with E-state index in [9.17, 15) is 19.5 Å². The minimum atomic E-state index is -1.22. The van der Waals surface area contributed by atoms with Crippen molar-refractivity contribution in [1.82, 2.24) is 10.6 Å². The van der Waals surface area contributed by atoms with Crippen LogP contribution in [0.15, 0.2) is 78.9 Å². The van der Waals surface area contributed by atoms with Crippen molar-refractivity contribution in [3.63, 3.8) is 0 Å². The number of aliphatic carboxylic acids is 1. The van der Waals surface area contributed by atoms with Gasteiger partial charge >= 0.3 is 12.1 Å². The molecule has 0 unspecified atom stereocenters. The zero-order valence-electron chi connectivity index (χ0n) is 18.7. The number of carbonyl (C=O) groups is 3. The molecule has 34 heavy (non-hydrogen) atoms. The first-order valence-electron chi connectivity index (χ1n) is 11.2. The van der Waals surface area contributed by atoms with Crippen LogP contribution in [-0.2, 0) is 14.3 Å². The number of nitrogens with one attached hydrogen (secondary N) is 2. The average molecular weight is 459 g/mol. The Kier molecular flexibility index (Phi) is 6.92. The molecule has 0 saturated heterocycles. The summed E-state index contributed by atoms with van der Waals surface area (Å²) >= 11 is 0. The molecule has 2 amide bonds. The van der Waals surface area contributed by atoms with Gasteiger partial charge in [-0.25, -0.2) is 9.59 Å². The summed E-state index contributed by atoms with van der Waals surface area (Å²) in [4.78, 5) is 37.0. The van der Waals surface area contributed by atoms with Gasteiger partial charge in [0.25, 0.3) is 0 Å². The predicted molar refractivity (Wildman–Crippen MR) is 127 cm³/mol. The number of alkyl carbamates (subject to hydrolysis) is 1. The van der Waals surface area contributed by atoms with Gasteiger partial charge in [0.2, 0.25) is 5.91 Å². The lowest BCUT2D eigenvalue weighted by Gasteiger charge is -2.21. The SMILES string of the molecule is CC[C@H](NC(=O)OCC1c2ccccc2-c2ccccc21)C(=O)N[C@@H](C(=O)O)c1ccccc1. The van der Waals surface area contributed by atoms with E-state index in [0.29, 0.717) is 5.56 Å². The first-order chi connectivity index (χ1) is 16.5. The summed E-state index contributed by atoms with van der Waals surface area (Å²) in [5, 5.41) is 14.6. The van der Waals surface area contributed by atoms with Crippen LogP contribution >= 0.6 is 0 Å². The number of rotatable bonds is 8. The molecule has 174 valence electrons. The second-order valence-electron chi connectivity index (χ2n) is 8.12. The van der Waals surface area contributed by atoms with Gasteiger partial charge in [0, 0.05) is 5.92 Å². The van der Waals surface area contributed by atoms with Crippen molar-refractivity contribution in [2.75, 3.05) is 6.61 Å². The van der Waals surface area contributed by atoms with Gasteiger partial charge in [-0.05, 0) is 34.2 Å². The predicted octanol–water partition coefficient (Wildman–Crippen LogP) is 4.25. The standard InChI is InChI=1S/C27H26N2O5/c1-2-23(25(30)29-24(26(31)32)17-10-4-3-5-11-17)28-27(33)34-16-22-20-14-8-6-12-18(20)19-13-7-9-15-21(19)22/h3-15,22-24H,2,16H2,1H3,(H,28,33)(H,29,30)(H,31,32)/t23-,24+/m0/s1. The Balaban J connectivity index is 1.39. The Bertz CT molecular complexity index is 1150. The van der Waals surface area contributed by atoms with Crippen LogP contribution in [0.3, 0.4) is 0 Å². The number of benzene rings is 3. The molecule has 2 atom stereocenters. The van der Waals surface area contributed by atoms with Crippen molar-refractivity contribution in [3.05, 3.63) is 95.6 Å². The molecule has 0 saturated carbocycles. The molecule has 0 bridgehead atoms. The van der Waals surface area contributed by atoms with E-state index in [4.69, 9.17) is 4.74 Å². The summed E-state index contributed by atoms with van der Waals surface area (Å²) in [5.74, 6) is -1.87. The van der Waals surface area contributed by atoms with Crippen molar-refractivity contribution in [2.45, 2.75) is 31.3 Å². The van der Waals surface area contributed by atoms with E-state index in [1.807, 2.05) is 36.4 Å². The highest BCUT2D eigenvalue weighted by molar-refractivity contribution is 5.89. The van der Waals surface area contributed by atoms with Crippen molar-refractivity contribution < 1.29 is 24.2 Å². The van der Waals surface area contributed by atoms with Crippen LogP contribution in [0.1, 0.15) is 42.0 Å². The van der Waals surface area contributed by atoms with Gasteiger partial charge in [-0.15, -0.1) is 0 Å². The van der Waals surface area contributed by atoms with Crippen LogP contribution in [0.25, 0.3) is 11.1 Å². The first kappa shape index (κ1) is 23.0. The third kappa shape index (κ3) is 4.78. The smallest absolute Gasteiger partial charge is 0.407 e. The number of fused-ring (bicyclic) bond motifs is 3. The Hall–Kier alpha value is -4.13. The van der Waals surface area contributed by atoms with Gasteiger partial charge in [-0.3, -0.25) is 4.79 Å². The third-order valence-corrected chi connectivity index (χ3v) is 6.03. The fourth-order valence-corrected chi connectivity index (χ4v) is 4.31. The third-order valence-electron chi connectivity index (χ3n) is 6.03. The van der Waals surface area contributed by atoms with Crippen molar-refractivity contribution >= 4 is 18.0 Å². The lowest BCUT2D eigenvalue weighted by atomic mass is 9.98. The van der Waals surface area contributed by atoms with Crippen LogP contribution in [0, 0.1) is 0 Å². The molecule has 1 aliphatic rings. The van der Waals surface area contributed by atoms with Crippen LogP contribution in [0.5, 0.6) is 0 Å². The highest BCUT2D eigenvalue weighted by Crippen LogP contribution is 2.44. The quantitative estimate of drug-likeness (QED) is 0.468. The average Bonchev–Trinajstić information content (AvgIpc) is 3.18. The lowest BCUT2D eigenvalue weighted by molar-refractivity contribution is -0.142. The van der Waals surface area contributed by atoms with Crippen molar-refractivity contribution in [1.29, 1.82) is 0 Å². The monoisotopic (exact) mass is 458 g/mol. The Morgan fingerprint density at radius 1 is 0.853 bits per heavy atom. The summed E-state index contributed by atoms with van der Waals surface area (Å²) in [7, 11) is 0. The number of ether oxygens (including phenoxy) is 1. The van der Waals surface area contributed by atoms with E-state index in [2.05, 4.69) is 22.8 Å². The maximum absolute atomic E-state index is 12.7. The summed E-state index contributed by atoms with van der Waals surface area (Å²) in [6.07, 6.45) is -0.451. The molecule has 3 N–H and O–H groups in total. The van der Waals surface area contributed by atoms with E-state index in [1.165, 1.54) is 0 Å². The van der Waals surface area contributed by atoms with Gasteiger partial charge < -0.3 is 20.5 Å². The van der Waals surface area contributed by atoms with Crippen LogP contribution in [-0.4, -0.2) is 35.7 Å². The van der Waals surface area contributed by atoms with E-state index in [1.54, 1.807) is 37.3 Å².